The summed E-state index contributed by atoms with van der Waals surface area (Å²) in [5.74, 6) is -0.485. The zero-order chi connectivity index (χ0) is 19.7. The van der Waals surface area contributed by atoms with Gasteiger partial charge in [-0.3, -0.25) is 4.79 Å². The maximum atomic E-state index is 12.4. The van der Waals surface area contributed by atoms with Crippen LogP contribution in [0.4, 0.5) is 5.69 Å². The SMILES string of the molecule is Cc1nc2ccc(NC(=O)c3ccc(CS(=O)(=O)c4ccccc4)o3)cc2s1. The fraction of sp³-hybridized carbons (Fsp3) is 0.100. The molecule has 0 atom stereocenters. The zero-order valence-electron chi connectivity index (χ0n) is 14.9. The number of thiazole rings is 1. The highest BCUT2D eigenvalue weighted by atomic mass is 32.2. The molecule has 0 radical (unpaired) electrons. The molecule has 0 aliphatic rings. The highest BCUT2D eigenvalue weighted by Gasteiger charge is 2.19. The average Bonchev–Trinajstić information content (AvgIpc) is 3.27. The summed E-state index contributed by atoms with van der Waals surface area (Å²) < 4.78 is 31.3. The average molecular weight is 412 g/mol. The molecule has 0 saturated heterocycles. The summed E-state index contributed by atoms with van der Waals surface area (Å²) in [6.45, 7) is 1.93. The molecular weight excluding hydrogens is 396 g/mol. The zero-order valence-corrected chi connectivity index (χ0v) is 16.5. The van der Waals surface area contributed by atoms with E-state index in [0.29, 0.717) is 5.69 Å². The van der Waals surface area contributed by atoms with E-state index in [1.165, 1.54) is 24.3 Å². The van der Waals surface area contributed by atoms with E-state index in [1.54, 1.807) is 35.6 Å². The Kier molecular flexibility index (Phi) is 4.74. The Morgan fingerprint density at radius 2 is 1.89 bits per heavy atom. The van der Waals surface area contributed by atoms with Crippen LogP contribution in [0.3, 0.4) is 0 Å². The fourth-order valence-electron chi connectivity index (χ4n) is 2.79. The highest BCUT2D eigenvalue weighted by Crippen LogP contribution is 2.25. The molecule has 2 aromatic heterocycles. The molecule has 0 bridgehead atoms. The monoisotopic (exact) mass is 412 g/mol. The Morgan fingerprint density at radius 3 is 2.68 bits per heavy atom. The number of benzene rings is 2. The van der Waals surface area contributed by atoms with E-state index in [9.17, 15) is 13.2 Å². The van der Waals surface area contributed by atoms with Gasteiger partial charge in [0.15, 0.2) is 15.6 Å². The molecule has 0 fully saturated rings. The minimum Gasteiger partial charge on any atom is -0.455 e. The van der Waals surface area contributed by atoms with Crippen LogP contribution in [-0.2, 0) is 15.6 Å². The van der Waals surface area contributed by atoms with Gasteiger partial charge in [0.25, 0.3) is 5.91 Å². The van der Waals surface area contributed by atoms with Crippen LogP contribution in [-0.4, -0.2) is 19.3 Å². The predicted molar refractivity (Wildman–Crippen MR) is 108 cm³/mol. The lowest BCUT2D eigenvalue weighted by Gasteiger charge is -2.04. The maximum absolute atomic E-state index is 12.4. The van der Waals surface area contributed by atoms with E-state index in [1.807, 2.05) is 19.1 Å². The van der Waals surface area contributed by atoms with Gasteiger partial charge in [-0.25, -0.2) is 13.4 Å². The quantitative estimate of drug-likeness (QED) is 0.524. The third kappa shape index (κ3) is 3.83. The molecule has 0 aliphatic heterocycles. The third-order valence-electron chi connectivity index (χ3n) is 4.07. The highest BCUT2D eigenvalue weighted by molar-refractivity contribution is 7.90. The Labute approximate surface area is 165 Å². The molecule has 4 rings (SSSR count). The number of hydrogen-bond acceptors (Lipinski definition) is 6. The summed E-state index contributed by atoms with van der Waals surface area (Å²) in [6, 6.07) is 16.6. The van der Waals surface area contributed by atoms with Crippen LogP contribution < -0.4 is 5.32 Å². The Morgan fingerprint density at radius 1 is 1.11 bits per heavy atom. The van der Waals surface area contributed by atoms with Crippen molar-refractivity contribution in [3.05, 3.63) is 77.2 Å². The Hall–Kier alpha value is -2.97. The molecule has 0 saturated carbocycles. The van der Waals surface area contributed by atoms with Gasteiger partial charge in [0.05, 0.1) is 20.1 Å². The first-order valence-electron chi connectivity index (χ1n) is 8.46. The number of rotatable bonds is 5. The third-order valence-corrected chi connectivity index (χ3v) is 6.66. The number of aromatic nitrogens is 1. The molecule has 2 aromatic carbocycles. The summed E-state index contributed by atoms with van der Waals surface area (Å²) in [4.78, 5) is 17.0. The summed E-state index contributed by atoms with van der Waals surface area (Å²) in [5, 5.41) is 3.72. The van der Waals surface area contributed by atoms with Crippen molar-refractivity contribution >= 4 is 43.0 Å². The number of carbonyl (C=O) groups is 1. The van der Waals surface area contributed by atoms with Crippen LogP contribution >= 0.6 is 11.3 Å². The van der Waals surface area contributed by atoms with Crippen LogP contribution in [0.25, 0.3) is 10.2 Å². The normalized spacial score (nSPS) is 11.6. The van der Waals surface area contributed by atoms with Gasteiger partial charge in [-0.2, -0.15) is 0 Å². The van der Waals surface area contributed by atoms with Gasteiger partial charge < -0.3 is 9.73 Å². The van der Waals surface area contributed by atoms with Gasteiger partial charge in [-0.1, -0.05) is 18.2 Å². The number of furan rings is 1. The molecule has 28 heavy (non-hydrogen) atoms. The summed E-state index contributed by atoms with van der Waals surface area (Å²) in [6.07, 6.45) is 0. The molecule has 4 aromatic rings. The van der Waals surface area contributed by atoms with Gasteiger partial charge in [0.1, 0.15) is 11.5 Å². The number of nitrogens with one attached hydrogen (secondary N) is 1. The second kappa shape index (κ2) is 7.21. The lowest BCUT2D eigenvalue weighted by molar-refractivity contribution is 0.0995. The predicted octanol–water partition coefficient (Wildman–Crippen LogP) is 4.42. The lowest BCUT2D eigenvalue weighted by Crippen LogP contribution is -2.10. The van der Waals surface area contributed by atoms with E-state index in [4.69, 9.17) is 4.42 Å². The Bertz CT molecular complexity index is 1260. The molecule has 1 N–H and O–H groups in total. The van der Waals surface area contributed by atoms with Gasteiger partial charge in [0, 0.05) is 5.69 Å². The van der Waals surface area contributed by atoms with Crippen LogP contribution in [0.1, 0.15) is 21.3 Å². The standard InChI is InChI=1S/C20H16N2O4S2/c1-13-21-17-9-7-14(11-19(17)27-13)22-20(23)18-10-8-15(26-18)12-28(24,25)16-5-3-2-4-6-16/h2-11H,12H2,1H3,(H,22,23). The van der Waals surface area contributed by atoms with Gasteiger partial charge in [-0.15, -0.1) is 11.3 Å². The van der Waals surface area contributed by atoms with Crippen LogP contribution in [0.15, 0.2) is 70.0 Å². The van der Waals surface area contributed by atoms with Crippen molar-refractivity contribution in [1.82, 2.24) is 4.98 Å². The molecule has 0 aliphatic carbocycles. The van der Waals surface area contributed by atoms with Crippen LogP contribution in [0.2, 0.25) is 0 Å². The van der Waals surface area contributed by atoms with Crippen molar-refractivity contribution in [3.63, 3.8) is 0 Å². The van der Waals surface area contributed by atoms with Crippen molar-refractivity contribution in [1.29, 1.82) is 0 Å². The van der Waals surface area contributed by atoms with E-state index in [2.05, 4.69) is 10.3 Å². The molecule has 0 spiro atoms. The fourth-order valence-corrected chi connectivity index (χ4v) is 4.92. The number of anilines is 1. The first-order valence-corrected chi connectivity index (χ1v) is 10.9. The maximum Gasteiger partial charge on any atom is 0.291 e. The molecule has 6 nitrogen and oxygen atoms in total. The largest absolute Gasteiger partial charge is 0.455 e. The van der Waals surface area contributed by atoms with Crippen molar-refractivity contribution in [2.45, 2.75) is 17.6 Å². The van der Waals surface area contributed by atoms with Crippen LogP contribution in [0, 0.1) is 6.92 Å². The molecule has 1 amide bonds. The van der Waals surface area contributed by atoms with Gasteiger partial charge in [0.2, 0.25) is 0 Å². The molecule has 142 valence electrons. The smallest absolute Gasteiger partial charge is 0.291 e. The Balaban J connectivity index is 1.49. The van der Waals surface area contributed by atoms with E-state index >= 15 is 0 Å². The first kappa shape index (κ1) is 18.4. The molecule has 0 unspecified atom stereocenters. The molecule has 8 heteroatoms. The molecule has 2 heterocycles. The number of hydrogen-bond donors (Lipinski definition) is 1. The number of fused-ring (bicyclic) bond motifs is 1. The van der Waals surface area contributed by atoms with Crippen molar-refractivity contribution in [3.8, 4) is 0 Å². The number of sulfone groups is 1. The number of nitrogens with zero attached hydrogens (tertiary/aromatic N) is 1. The summed E-state index contributed by atoms with van der Waals surface area (Å²) >= 11 is 1.55. The van der Waals surface area contributed by atoms with E-state index in [0.717, 1.165) is 15.2 Å². The second-order valence-corrected chi connectivity index (χ2v) is 9.43. The summed E-state index contributed by atoms with van der Waals surface area (Å²) in [7, 11) is -3.54. The van der Waals surface area contributed by atoms with Gasteiger partial charge in [-0.05, 0) is 49.4 Å². The van der Waals surface area contributed by atoms with Crippen LogP contribution in [0.5, 0.6) is 0 Å². The minimum absolute atomic E-state index is 0.0545. The lowest BCUT2D eigenvalue weighted by atomic mass is 10.3. The van der Waals surface area contributed by atoms with Crippen molar-refractivity contribution < 1.29 is 17.6 Å². The van der Waals surface area contributed by atoms with Crippen molar-refractivity contribution in [2.24, 2.45) is 0 Å². The topological polar surface area (TPSA) is 89.3 Å². The van der Waals surface area contributed by atoms with Gasteiger partial charge >= 0.3 is 0 Å². The van der Waals surface area contributed by atoms with E-state index < -0.39 is 15.7 Å². The first-order chi connectivity index (χ1) is 13.4. The number of carbonyl (C=O) groups excluding carboxylic acids is 1. The molecular formula is C20H16N2O4S2. The number of amides is 1. The summed E-state index contributed by atoms with van der Waals surface area (Å²) in [5.41, 5.74) is 1.50. The second-order valence-electron chi connectivity index (χ2n) is 6.21. The van der Waals surface area contributed by atoms with E-state index in [-0.39, 0.29) is 22.2 Å². The van der Waals surface area contributed by atoms with Crippen molar-refractivity contribution in [2.75, 3.05) is 5.32 Å². The number of aryl methyl sites for hydroxylation is 1. The minimum atomic E-state index is -3.54.